The second-order valence-corrected chi connectivity index (χ2v) is 5.41. The van der Waals surface area contributed by atoms with Crippen molar-refractivity contribution in [3.8, 4) is 0 Å². The Morgan fingerprint density at radius 3 is 2.68 bits per heavy atom. The molecule has 104 valence electrons. The van der Waals surface area contributed by atoms with E-state index in [1.165, 1.54) is 6.20 Å². The number of anilines is 1. The molecule has 1 aliphatic heterocycles. The van der Waals surface area contributed by atoms with Crippen molar-refractivity contribution in [1.29, 1.82) is 0 Å². The van der Waals surface area contributed by atoms with Crippen LogP contribution in [0.5, 0.6) is 0 Å². The summed E-state index contributed by atoms with van der Waals surface area (Å²) in [6, 6.07) is 0. The number of carboxylic acid groups (broad SMARTS) is 1. The molecule has 1 N–H and O–H groups in total. The number of halogens is 1. The van der Waals surface area contributed by atoms with Crippen molar-refractivity contribution in [3.05, 3.63) is 17.5 Å². The van der Waals surface area contributed by atoms with E-state index in [9.17, 15) is 9.90 Å². The lowest BCUT2D eigenvalue weighted by atomic mass is 9.75. The van der Waals surface area contributed by atoms with Crippen molar-refractivity contribution in [2.24, 2.45) is 5.41 Å². The molecular weight excluding hydrogens is 266 g/mol. The van der Waals surface area contributed by atoms with Gasteiger partial charge in [0, 0.05) is 13.1 Å². The van der Waals surface area contributed by atoms with Crippen LogP contribution >= 0.6 is 11.6 Å². The first-order chi connectivity index (χ1) is 9.07. The van der Waals surface area contributed by atoms with Crippen LogP contribution in [0.1, 0.15) is 32.6 Å². The average Bonchev–Trinajstić information content (AvgIpc) is 2.39. The van der Waals surface area contributed by atoms with Crippen LogP contribution in [0.2, 0.25) is 5.15 Å². The molecule has 19 heavy (non-hydrogen) atoms. The molecule has 1 aromatic rings. The van der Waals surface area contributed by atoms with Gasteiger partial charge < -0.3 is 10.0 Å². The first-order valence-corrected chi connectivity index (χ1v) is 6.91. The summed E-state index contributed by atoms with van der Waals surface area (Å²) in [6.45, 7) is 3.39. The van der Waals surface area contributed by atoms with Gasteiger partial charge in [-0.15, -0.1) is 0 Å². The number of carbonyl (C=O) groups is 1. The maximum absolute atomic E-state index is 11.5. The first kappa shape index (κ1) is 14.1. The molecule has 0 unspecified atom stereocenters. The number of nitrogens with zero attached hydrogens (tertiary/aromatic N) is 3. The molecule has 1 saturated heterocycles. The highest BCUT2D eigenvalue weighted by molar-refractivity contribution is 6.29. The smallest absolute Gasteiger partial charge is 0.309 e. The van der Waals surface area contributed by atoms with Gasteiger partial charge in [0.15, 0.2) is 0 Å². The number of aromatic nitrogens is 2. The summed E-state index contributed by atoms with van der Waals surface area (Å²) < 4.78 is 0. The van der Waals surface area contributed by atoms with Crippen LogP contribution in [0, 0.1) is 5.41 Å². The van der Waals surface area contributed by atoms with E-state index in [0.29, 0.717) is 31.1 Å². The van der Waals surface area contributed by atoms with Gasteiger partial charge in [0.2, 0.25) is 0 Å². The van der Waals surface area contributed by atoms with Crippen LogP contribution < -0.4 is 4.90 Å². The van der Waals surface area contributed by atoms with Gasteiger partial charge >= 0.3 is 5.97 Å². The quantitative estimate of drug-likeness (QED) is 0.920. The molecule has 1 aliphatic rings. The normalized spacial score (nSPS) is 18.3. The predicted octanol–water partition coefficient (Wildman–Crippen LogP) is 2.60. The maximum Gasteiger partial charge on any atom is 0.309 e. The minimum absolute atomic E-state index is 0.362. The highest BCUT2D eigenvalue weighted by atomic mass is 35.5. The number of hydrogen-bond donors (Lipinski definition) is 1. The van der Waals surface area contributed by atoms with Gasteiger partial charge in [-0.3, -0.25) is 9.78 Å². The molecule has 6 heteroatoms. The van der Waals surface area contributed by atoms with Gasteiger partial charge in [-0.25, -0.2) is 4.98 Å². The monoisotopic (exact) mass is 283 g/mol. The molecule has 0 radical (unpaired) electrons. The minimum Gasteiger partial charge on any atom is -0.481 e. The molecule has 0 bridgehead atoms. The lowest BCUT2D eigenvalue weighted by molar-refractivity contribution is -0.150. The fourth-order valence-electron chi connectivity index (χ4n) is 2.70. The van der Waals surface area contributed by atoms with E-state index in [4.69, 9.17) is 11.6 Å². The average molecular weight is 284 g/mol. The van der Waals surface area contributed by atoms with Gasteiger partial charge in [0.25, 0.3) is 0 Å². The Labute approximate surface area is 117 Å². The highest BCUT2D eigenvalue weighted by Crippen LogP contribution is 2.37. The van der Waals surface area contributed by atoms with Crippen LogP contribution in [0.4, 0.5) is 5.82 Å². The van der Waals surface area contributed by atoms with E-state index in [0.717, 1.165) is 18.7 Å². The van der Waals surface area contributed by atoms with E-state index in [1.807, 2.05) is 6.92 Å². The Hall–Kier alpha value is -1.36. The van der Waals surface area contributed by atoms with E-state index >= 15 is 0 Å². The molecular formula is C13H18ClN3O2. The van der Waals surface area contributed by atoms with Crippen molar-refractivity contribution < 1.29 is 9.90 Å². The van der Waals surface area contributed by atoms with E-state index in [2.05, 4.69) is 14.9 Å². The van der Waals surface area contributed by atoms with Crippen LogP contribution in [0.15, 0.2) is 12.4 Å². The van der Waals surface area contributed by atoms with Crippen LogP contribution in [0.25, 0.3) is 0 Å². The van der Waals surface area contributed by atoms with Crippen molar-refractivity contribution in [1.82, 2.24) is 9.97 Å². The topological polar surface area (TPSA) is 66.3 Å². The van der Waals surface area contributed by atoms with Gasteiger partial charge in [0.1, 0.15) is 11.0 Å². The SMILES string of the molecule is CCCC1(C(=O)O)CCN(c2cncc(Cl)n2)CC1. The van der Waals surface area contributed by atoms with Gasteiger partial charge in [0.05, 0.1) is 17.8 Å². The van der Waals surface area contributed by atoms with Crippen molar-refractivity contribution in [3.63, 3.8) is 0 Å². The molecule has 0 saturated carbocycles. The predicted molar refractivity (Wildman–Crippen MR) is 73.5 cm³/mol. The molecule has 5 nitrogen and oxygen atoms in total. The molecule has 0 aliphatic carbocycles. The summed E-state index contributed by atoms with van der Waals surface area (Å²) >= 11 is 5.83. The number of piperidine rings is 1. The second kappa shape index (κ2) is 5.74. The van der Waals surface area contributed by atoms with Gasteiger partial charge in [-0.1, -0.05) is 24.9 Å². The zero-order chi connectivity index (χ0) is 13.9. The fraction of sp³-hybridized carbons (Fsp3) is 0.615. The van der Waals surface area contributed by atoms with E-state index < -0.39 is 11.4 Å². The minimum atomic E-state index is -0.675. The summed E-state index contributed by atoms with van der Waals surface area (Å²) in [4.78, 5) is 21.8. The van der Waals surface area contributed by atoms with Crippen molar-refractivity contribution in [2.45, 2.75) is 32.6 Å². The van der Waals surface area contributed by atoms with Gasteiger partial charge in [-0.05, 0) is 19.3 Å². The Kier molecular flexibility index (Phi) is 4.24. The summed E-state index contributed by atoms with van der Waals surface area (Å²) in [5.41, 5.74) is -0.572. The molecule has 1 fully saturated rings. The second-order valence-electron chi connectivity index (χ2n) is 5.02. The Balaban J connectivity index is 2.07. The Morgan fingerprint density at radius 1 is 1.47 bits per heavy atom. The highest BCUT2D eigenvalue weighted by Gasteiger charge is 2.40. The molecule has 0 amide bonds. The third kappa shape index (κ3) is 2.97. The lowest BCUT2D eigenvalue weighted by Gasteiger charge is -2.39. The maximum atomic E-state index is 11.5. The molecule has 1 aromatic heterocycles. The van der Waals surface area contributed by atoms with Gasteiger partial charge in [-0.2, -0.15) is 0 Å². The van der Waals surface area contributed by atoms with Crippen LogP contribution in [-0.2, 0) is 4.79 Å². The molecule has 2 rings (SSSR count). The Bertz CT molecular complexity index is 459. The first-order valence-electron chi connectivity index (χ1n) is 6.53. The summed E-state index contributed by atoms with van der Waals surface area (Å²) in [6.07, 6.45) is 6.07. The molecule has 0 aromatic carbocycles. The molecule has 0 spiro atoms. The summed E-state index contributed by atoms with van der Waals surface area (Å²) in [5, 5.41) is 9.82. The summed E-state index contributed by atoms with van der Waals surface area (Å²) in [5.74, 6) is 0.0502. The van der Waals surface area contributed by atoms with Crippen molar-refractivity contribution in [2.75, 3.05) is 18.0 Å². The number of aliphatic carboxylic acids is 1. The third-order valence-corrected chi connectivity index (χ3v) is 4.00. The van der Waals surface area contributed by atoms with E-state index in [-0.39, 0.29) is 0 Å². The summed E-state index contributed by atoms with van der Waals surface area (Å²) in [7, 11) is 0. The third-order valence-electron chi connectivity index (χ3n) is 3.82. The molecule has 0 atom stereocenters. The standard InChI is InChI=1S/C13H18ClN3O2/c1-2-3-13(12(18)19)4-6-17(7-5-13)11-9-15-8-10(14)16-11/h8-9H,2-7H2,1H3,(H,18,19). The number of rotatable bonds is 4. The Morgan fingerprint density at radius 2 is 2.16 bits per heavy atom. The molecule has 2 heterocycles. The zero-order valence-corrected chi connectivity index (χ0v) is 11.7. The zero-order valence-electron chi connectivity index (χ0n) is 11.0. The van der Waals surface area contributed by atoms with Crippen LogP contribution in [0.3, 0.4) is 0 Å². The van der Waals surface area contributed by atoms with E-state index in [1.54, 1.807) is 6.20 Å². The van der Waals surface area contributed by atoms with Crippen LogP contribution in [-0.4, -0.2) is 34.1 Å². The fourth-order valence-corrected chi connectivity index (χ4v) is 2.84. The lowest BCUT2D eigenvalue weighted by Crippen LogP contribution is -2.44. The largest absolute Gasteiger partial charge is 0.481 e. The number of hydrogen-bond acceptors (Lipinski definition) is 4. The van der Waals surface area contributed by atoms with Crippen molar-refractivity contribution >= 4 is 23.4 Å². The number of carboxylic acids is 1.